The van der Waals surface area contributed by atoms with Crippen LogP contribution in [-0.2, 0) is 38.1 Å². The Morgan fingerprint density at radius 2 is 0.297 bits per heavy atom. The first-order chi connectivity index (χ1) is 49.8. The van der Waals surface area contributed by atoms with E-state index in [1.165, 1.54) is 385 Å². The number of hydrogen-bond donors (Lipinski definition) is 0. The molecule has 0 heterocycles. The van der Waals surface area contributed by atoms with E-state index in [1.807, 2.05) is 0 Å². The van der Waals surface area contributed by atoms with Crippen molar-refractivity contribution in [2.75, 3.05) is 72.5 Å². The monoisotopic (exact) mass is 1500 g/mol. The van der Waals surface area contributed by atoms with Gasteiger partial charge in [0.15, 0.2) is 0 Å². The van der Waals surface area contributed by atoms with Crippen molar-refractivity contribution in [3.8, 4) is 0 Å². The molecule has 0 aromatic carbocycles. The van der Waals surface area contributed by atoms with Crippen molar-refractivity contribution in [3.63, 3.8) is 0 Å². The van der Waals surface area contributed by atoms with E-state index >= 15 is 0 Å². The quantitative estimate of drug-likeness (QED) is 0.0329. The van der Waals surface area contributed by atoms with Crippen LogP contribution in [0.25, 0.3) is 0 Å². The molecule has 0 amide bonds. The molecule has 0 rings (SSSR count). The molecule has 0 spiro atoms. The molecule has 0 aliphatic heterocycles. The summed E-state index contributed by atoms with van der Waals surface area (Å²) in [5, 5.41) is 0. The van der Waals surface area contributed by atoms with Gasteiger partial charge in [-0.05, 0) is 48.7 Å². The lowest BCUT2D eigenvalue weighted by Gasteiger charge is -2.31. The van der Waals surface area contributed by atoms with Crippen LogP contribution < -0.4 is 0 Å². The first-order valence-corrected chi connectivity index (χ1v) is 49.4. The lowest BCUT2D eigenvalue weighted by Crippen LogP contribution is -2.44. The van der Waals surface area contributed by atoms with Gasteiger partial charge in [-0.2, -0.15) is 47.0 Å². The summed E-state index contributed by atoms with van der Waals surface area (Å²) in [5.74, 6) is 5.33. The molecule has 12 heteroatoms. The molecule has 0 saturated heterocycles. The van der Waals surface area contributed by atoms with Gasteiger partial charge in [0.05, 0.1) is 25.7 Å². The molecule has 0 aliphatic carbocycles. The summed E-state index contributed by atoms with van der Waals surface area (Å²) in [6, 6.07) is 0. The normalized spacial score (nSPS) is 11.7. The highest BCUT2D eigenvalue weighted by atomic mass is 32.2. The number of hydrogen-bond acceptors (Lipinski definition) is 12. The van der Waals surface area contributed by atoms with E-state index in [1.54, 1.807) is 47.0 Å². The Bertz CT molecular complexity index is 1430. The summed E-state index contributed by atoms with van der Waals surface area (Å²) in [4.78, 5) is 54.0. The van der Waals surface area contributed by atoms with Crippen molar-refractivity contribution >= 4 is 70.9 Å². The summed E-state index contributed by atoms with van der Waals surface area (Å²) < 4.78 is 24.0. The Balaban J connectivity index is 5.37. The largest absolute Gasteiger partial charge is 0.465 e. The Hall–Kier alpha value is -0.720. The Labute approximate surface area is 646 Å². The van der Waals surface area contributed by atoms with Crippen molar-refractivity contribution in [3.05, 3.63) is 0 Å². The number of esters is 4. The number of rotatable bonds is 88. The SMILES string of the molecule is CCCCCCCCCCCCCCCCCCSCCC(=O)OCC(COC(=O)CCSCCCCCCCCCCCCCCCCCC)(COC(=O)CCSCCCCCCCCCCCCCCCCCC)COC(=O)CCSCCCCCCCCCCCCCCCCCC. The van der Waals surface area contributed by atoms with Crippen LogP contribution in [0.1, 0.15) is 464 Å². The first kappa shape index (κ1) is 100. The lowest BCUT2D eigenvalue weighted by molar-refractivity contribution is -0.170. The molecular weight excluding hydrogens is 1330 g/mol. The third kappa shape index (κ3) is 81.6. The van der Waals surface area contributed by atoms with Gasteiger partial charge in [0.1, 0.15) is 31.8 Å². The van der Waals surface area contributed by atoms with Crippen LogP contribution in [0.2, 0.25) is 0 Å². The summed E-state index contributed by atoms with van der Waals surface area (Å²) in [6.07, 6.45) is 87.4. The van der Waals surface area contributed by atoms with E-state index in [9.17, 15) is 19.2 Å². The first-order valence-electron chi connectivity index (χ1n) is 44.8. The predicted octanol–water partition coefficient (Wildman–Crippen LogP) is 29.7. The zero-order valence-electron chi connectivity index (χ0n) is 68.0. The molecule has 0 aliphatic rings. The average Bonchev–Trinajstić information content (AvgIpc) is 0.889. The van der Waals surface area contributed by atoms with Gasteiger partial charge in [-0.3, -0.25) is 19.2 Å². The second-order valence-corrected chi connectivity index (χ2v) is 35.7. The van der Waals surface area contributed by atoms with E-state index in [0.717, 1.165) is 48.7 Å². The number of carbonyl (C=O) groups is 4. The van der Waals surface area contributed by atoms with Crippen LogP contribution in [0.4, 0.5) is 0 Å². The van der Waals surface area contributed by atoms with E-state index in [0.29, 0.717) is 23.0 Å². The van der Waals surface area contributed by atoms with Crippen LogP contribution in [-0.4, -0.2) is 96.3 Å². The van der Waals surface area contributed by atoms with Gasteiger partial charge in [-0.1, -0.05) is 413 Å². The maximum absolute atomic E-state index is 13.5. The number of ether oxygens (including phenoxy) is 4. The molecule has 0 unspecified atom stereocenters. The maximum atomic E-state index is 13.5. The number of thioether (sulfide) groups is 4. The molecule has 0 N–H and O–H groups in total. The smallest absolute Gasteiger partial charge is 0.306 e. The lowest BCUT2D eigenvalue weighted by atomic mass is 9.92. The van der Waals surface area contributed by atoms with Crippen molar-refractivity contribution in [2.45, 2.75) is 464 Å². The Morgan fingerprint density at radius 1 is 0.178 bits per heavy atom. The van der Waals surface area contributed by atoms with Gasteiger partial charge in [-0.15, -0.1) is 0 Å². The van der Waals surface area contributed by atoms with E-state index in [2.05, 4.69) is 27.7 Å². The van der Waals surface area contributed by atoms with Crippen LogP contribution in [0.3, 0.4) is 0 Å². The third-order valence-electron chi connectivity index (χ3n) is 20.5. The molecule has 101 heavy (non-hydrogen) atoms. The molecule has 0 radical (unpaired) electrons. The minimum atomic E-state index is -1.24. The van der Waals surface area contributed by atoms with Crippen LogP contribution in [0, 0.1) is 5.41 Å². The van der Waals surface area contributed by atoms with Crippen LogP contribution in [0.5, 0.6) is 0 Å². The van der Waals surface area contributed by atoms with Gasteiger partial charge >= 0.3 is 23.9 Å². The highest BCUT2D eigenvalue weighted by Crippen LogP contribution is 2.26. The van der Waals surface area contributed by atoms with E-state index in [-0.39, 0.29) is 76.0 Å². The Morgan fingerprint density at radius 3 is 0.426 bits per heavy atom. The summed E-state index contributed by atoms with van der Waals surface area (Å²) in [5.41, 5.74) is -1.24. The Kier molecular flexibility index (Phi) is 85.9. The second-order valence-electron chi connectivity index (χ2n) is 30.8. The molecule has 0 aromatic rings. The zero-order chi connectivity index (χ0) is 73.0. The summed E-state index contributed by atoms with van der Waals surface area (Å²) >= 11 is 7.18. The topological polar surface area (TPSA) is 105 Å². The van der Waals surface area contributed by atoms with Crippen molar-refractivity contribution in [2.24, 2.45) is 5.41 Å². The minimum absolute atomic E-state index is 0.181. The summed E-state index contributed by atoms with van der Waals surface area (Å²) in [7, 11) is 0. The molecule has 600 valence electrons. The van der Waals surface area contributed by atoms with Crippen molar-refractivity contribution < 1.29 is 38.1 Å². The molecule has 0 saturated carbocycles. The predicted molar refractivity (Wildman–Crippen MR) is 452 cm³/mol. The van der Waals surface area contributed by atoms with Crippen LogP contribution in [0.15, 0.2) is 0 Å². The number of unbranched alkanes of at least 4 members (excludes halogenated alkanes) is 60. The van der Waals surface area contributed by atoms with E-state index < -0.39 is 5.41 Å². The fraction of sp³-hybridized carbons (Fsp3) is 0.955. The minimum Gasteiger partial charge on any atom is -0.465 e. The third-order valence-corrected chi connectivity index (χ3v) is 24.8. The highest BCUT2D eigenvalue weighted by molar-refractivity contribution is 7.99. The van der Waals surface area contributed by atoms with Crippen molar-refractivity contribution in [1.29, 1.82) is 0 Å². The van der Waals surface area contributed by atoms with Gasteiger partial charge in [0.25, 0.3) is 0 Å². The van der Waals surface area contributed by atoms with Crippen LogP contribution >= 0.6 is 47.0 Å². The zero-order valence-corrected chi connectivity index (χ0v) is 71.2. The fourth-order valence-corrected chi connectivity index (χ4v) is 17.2. The fourth-order valence-electron chi connectivity index (χ4n) is 13.5. The second kappa shape index (κ2) is 86.5. The van der Waals surface area contributed by atoms with E-state index in [4.69, 9.17) is 18.9 Å². The van der Waals surface area contributed by atoms with Gasteiger partial charge in [0.2, 0.25) is 0 Å². The van der Waals surface area contributed by atoms with Crippen molar-refractivity contribution in [1.82, 2.24) is 0 Å². The van der Waals surface area contributed by atoms with Gasteiger partial charge in [0, 0.05) is 23.0 Å². The molecule has 0 fully saturated rings. The average molecular weight is 1500 g/mol. The van der Waals surface area contributed by atoms with Gasteiger partial charge < -0.3 is 18.9 Å². The maximum Gasteiger partial charge on any atom is 0.306 e. The molecule has 8 nitrogen and oxygen atoms in total. The number of carbonyl (C=O) groups excluding carboxylic acids is 4. The standard InChI is InChI=1S/C89H172O8S4/c1-5-9-13-17-21-25-29-33-37-41-45-49-53-57-61-65-73-98-77-69-85(90)94-81-89(82-95-86(91)70-78-99-74-66-62-58-54-50-46-42-38-34-30-26-22-18-14-10-6-2,83-96-87(92)71-79-100-75-67-63-59-55-51-47-43-39-35-31-27-23-19-15-11-7-3)84-97-88(93)72-80-101-76-68-64-60-56-52-48-44-40-36-32-28-24-20-16-12-8-4/h5-84H2,1-4H3. The highest BCUT2D eigenvalue weighted by Gasteiger charge is 2.38. The molecule has 0 bridgehead atoms. The van der Waals surface area contributed by atoms with Gasteiger partial charge in [-0.25, -0.2) is 0 Å². The summed E-state index contributed by atoms with van der Waals surface area (Å²) in [6.45, 7) is 8.43. The molecule has 0 aromatic heterocycles. The molecular formula is C89H172O8S4. The molecule has 0 atom stereocenters.